The van der Waals surface area contributed by atoms with E-state index in [1.807, 2.05) is 0 Å². The van der Waals surface area contributed by atoms with E-state index < -0.39 is 23.4 Å². The van der Waals surface area contributed by atoms with Crippen molar-refractivity contribution in [2.24, 2.45) is 0 Å². The lowest BCUT2D eigenvalue weighted by Crippen LogP contribution is -1.99. The van der Waals surface area contributed by atoms with Crippen molar-refractivity contribution in [3.63, 3.8) is 0 Å². The monoisotopic (exact) mass is 294 g/mol. The number of rotatable bonds is 4. The normalized spacial score (nSPS) is 10.4. The summed E-state index contributed by atoms with van der Waals surface area (Å²) < 4.78 is 26.4. The topological polar surface area (TPSA) is 57.5 Å². The predicted molar refractivity (Wildman–Crippen MR) is 56.3 cm³/mol. The number of phenols is 1. The molecule has 0 aliphatic heterocycles. The number of halogens is 3. The molecule has 0 saturated carbocycles. The number of benzene rings is 1. The Hall–Kier alpha value is -1.17. The second-order valence-electron chi connectivity index (χ2n) is 3.23. The first-order valence-corrected chi connectivity index (χ1v) is 5.30. The smallest absolute Gasteiger partial charge is 0.303 e. The number of aliphatic carboxylic acids is 1. The van der Waals surface area contributed by atoms with Crippen LogP contribution in [0.3, 0.4) is 0 Å². The molecule has 3 nitrogen and oxygen atoms in total. The van der Waals surface area contributed by atoms with Crippen LogP contribution in [0.15, 0.2) is 10.5 Å². The summed E-state index contributed by atoms with van der Waals surface area (Å²) in [6.07, 6.45) is -0.0525. The van der Waals surface area contributed by atoms with Gasteiger partial charge in [0.05, 0.1) is 4.47 Å². The van der Waals surface area contributed by atoms with Crippen LogP contribution in [0.4, 0.5) is 8.78 Å². The Labute approximate surface area is 98.8 Å². The third kappa shape index (κ3) is 2.91. The molecule has 1 aromatic rings. The van der Waals surface area contributed by atoms with E-state index in [0.717, 1.165) is 6.07 Å². The summed E-state index contributed by atoms with van der Waals surface area (Å²) >= 11 is 2.81. The van der Waals surface area contributed by atoms with Crippen LogP contribution in [0.5, 0.6) is 5.75 Å². The van der Waals surface area contributed by atoms with E-state index in [2.05, 4.69) is 15.9 Å². The van der Waals surface area contributed by atoms with Crippen LogP contribution in [0.1, 0.15) is 18.4 Å². The molecule has 0 amide bonds. The molecule has 0 atom stereocenters. The summed E-state index contributed by atoms with van der Waals surface area (Å²) in [5.74, 6) is -3.47. The van der Waals surface area contributed by atoms with Gasteiger partial charge in [-0.3, -0.25) is 4.79 Å². The highest BCUT2D eigenvalue weighted by Gasteiger charge is 2.16. The van der Waals surface area contributed by atoms with Gasteiger partial charge >= 0.3 is 5.97 Å². The molecule has 16 heavy (non-hydrogen) atoms. The van der Waals surface area contributed by atoms with E-state index in [0.29, 0.717) is 0 Å². The molecule has 0 radical (unpaired) electrons. The van der Waals surface area contributed by atoms with Crippen LogP contribution in [0, 0.1) is 11.6 Å². The van der Waals surface area contributed by atoms with Gasteiger partial charge in [0.2, 0.25) is 0 Å². The second-order valence-corrected chi connectivity index (χ2v) is 4.08. The number of carboxylic acid groups (broad SMARTS) is 1. The maximum Gasteiger partial charge on any atom is 0.303 e. The summed E-state index contributed by atoms with van der Waals surface area (Å²) in [4.78, 5) is 10.3. The summed E-state index contributed by atoms with van der Waals surface area (Å²) in [5.41, 5.74) is -0.201. The number of carboxylic acids is 1. The van der Waals surface area contributed by atoms with Crippen LogP contribution in [-0.2, 0) is 11.2 Å². The average molecular weight is 295 g/mol. The van der Waals surface area contributed by atoms with Gasteiger partial charge in [0, 0.05) is 12.0 Å². The zero-order valence-electron chi connectivity index (χ0n) is 8.14. The highest BCUT2D eigenvalue weighted by molar-refractivity contribution is 9.10. The number of aromatic hydroxyl groups is 1. The van der Waals surface area contributed by atoms with Gasteiger partial charge in [0.25, 0.3) is 0 Å². The maximum absolute atomic E-state index is 13.4. The average Bonchev–Trinajstić information content (AvgIpc) is 2.20. The quantitative estimate of drug-likeness (QED) is 0.840. The van der Waals surface area contributed by atoms with Crippen molar-refractivity contribution in [3.8, 4) is 5.75 Å². The summed E-state index contributed by atoms with van der Waals surface area (Å²) in [7, 11) is 0. The van der Waals surface area contributed by atoms with Gasteiger partial charge in [-0.05, 0) is 34.8 Å². The Kier molecular flexibility index (Phi) is 4.23. The summed E-state index contributed by atoms with van der Waals surface area (Å²) in [6.45, 7) is 0. The minimum absolute atomic E-state index is 0.0275. The minimum Gasteiger partial charge on any atom is -0.505 e. The van der Waals surface area contributed by atoms with Gasteiger partial charge in [-0.2, -0.15) is 0 Å². The molecular weight excluding hydrogens is 286 g/mol. The zero-order valence-corrected chi connectivity index (χ0v) is 9.72. The van der Waals surface area contributed by atoms with Crippen molar-refractivity contribution >= 4 is 21.9 Å². The third-order valence-corrected chi connectivity index (χ3v) is 2.63. The first-order chi connectivity index (χ1) is 7.43. The zero-order chi connectivity index (χ0) is 12.3. The molecule has 0 spiro atoms. The second kappa shape index (κ2) is 5.25. The van der Waals surface area contributed by atoms with Gasteiger partial charge in [0.15, 0.2) is 11.6 Å². The van der Waals surface area contributed by atoms with Crippen molar-refractivity contribution in [1.29, 1.82) is 0 Å². The van der Waals surface area contributed by atoms with Crippen molar-refractivity contribution in [2.75, 3.05) is 0 Å². The molecule has 0 aromatic heterocycles. The maximum atomic E-state index is 13.4. The Morgan fingerprint density at radius 1 is 1.44 bits per heavy atom. The van der Waals surface area contributed by atoms with Gasteiger partial charge in [0.1, 0.15) is 5.82 Å². The van der Waals surface area contributed by atoms with Gasteiger partial charge in [-0.25, -0.2) is 8.78 Å². The number of hydrogen-bond acceptors (Lipinski definition) is 2. The van der Waals surface area contributed by atoms with Crippen LogP contribution < -0.4 is 0 Å². The van der Waals surface area contributed by atoms with E-state index in [-0.39, 0.29) is 29.3 Å². The number of carbonyl (C=O) groups is 1. The van der Waals surface area contributed by atoms with Crippen LogP contribution in [0.25, 0.3) is 0 Å². The van der Waals surface area contributed by atoms with Gasteiger partial charge in [-0.15, -0.1) is 0 Å². The van der Waals surface area contributed by atoms with E-state index in [4.69, 9.17) is 5.11 Å². The van der Waals surface area contributed by atoms with Crippen LogP contribution in [0.2, 0.25) is 0 Å². The molecular formula is C10H9BrF2O3. The first kappa shape index (κ1) is 12.9. The molecule has 0 unspecified atom stereocenters. The molecule has 0 aliphatic rings. The fourth-order valence-electron chi connectivity index (χ4n) is 1.28. The molecule has 0 bridgehead atoms. The van der Waals surface area contributed by atoms with Crippen molar-refractivity contribution in [3.05, 3.63) is 27.7 Å². The highest BCUT2D eigenvalue weighted by atomic mass is 79.9. The van der Waals surface area contributed by atoms with Gasteiger partial charge < -0.3 is 10.2 Å². The molecule has 2 N–H and O–H groups in total. The SMILES string of the molecule is O=C(O)CCCc1c(O)c(F)cc(Br)c1F. The molecule has 0 saturated heterocycles. The molecule has 0 aliphatic carbocycles. The molecule has 6 heteroatoms. The van der Waals surface area contributed by atoms with E-state index >= 15 is 0 Å². The molecule has 0 heterocycles. The van der Waals surface area contributed by atoms with Crippen molar-refractivity contribution < 1.29 is 23.8 Å². The van der Waals surface area contributed by atoms with Gasteiger partial charge in [-0.1, -0.05) is 0 Å². The Bertz CT molecular complexity index is 395. The van der Waals surface area contributed by atoms with E-state index in [9.17, 15) is 18.7 Å². The standard InChI is InChI=1S/C10H9BrF2O3/c11-6-4-7(12)10(16)5(9(6)13)2-1-3-8(14)15/h4,16H,1-3H2,(H,14,15). The lowest BCUT2D eigenvalue weighted by molar-refractivity contribution is -0.137. The van der Waals surface area contributed by atoms with Crippen LogP contribution >= 0.6 is 15.9 Å². The Morgan fingerprint density at radius 2 is 2.06 bits per heavy atom. The Balaban J connectivity index is 2.90. The first-order valence-electron chi connectivity index (χ1n) is 4.50. The van der Waals surface area contributed by atoms with Crippen molar-refractivity contribution in [2.45, 2.75) is 19.3 Å². The summed E-state index contributed by atoms with van der Waals surface area (Å²) in [6, 6.07) is 0.825. The van der Waals surface area contributed by atoms with E-state index in [1.165, 1.54) is 0 Å². The lowest BCUT2D eigenvalue weighted by atomic mass is 10.1. The molecule has 0 fully saturated rings. The predicted octanol–water partition coefficient (Wildman–Crippen LogP) is 2.84. The lowest BCUT2D eigenvalue weighted by Gasteiger charge is -2.07. The van der Waals surface area contributed by atoms with Crippen LogP contribution in [-0.4, -0.2) is 16.2 Å². The summed E-state index contributed by atoms with van der Waals surface area (Å²) in [5, 5.41) is 17.7. The van der Waals surface area contributed by atoms with E-state index in [1.54, 1.807) is 0 Å². The largest absolute Gasteiger partial charge is 0.505 e. The fourth-order valence-corrected chi connectivity index (χ4v) is 1.72. The highest BCUT2D eigenvalue weighted by Crippen LogP contribution is 2.31. The minimum atomic E-state index is -1.02. The molecule has 1 rings (SSSR count). The third-order valence-electron chi connectivity index (χ3n) is 2.06. The number of phenolic OH excluding ortho intramolecular Hbond substituents is 1. The Morgan fingerprint density at radius 3 is 2.62 bits per heavy atom. The van der Waals surface area contributed by atoms with Crippen molar-refractivity contribution in [1.82, 2.24) is 0 Å². The fraction of sp³-hybridized carbons (Fsp3) is 0.300. The molecule has 88 valence electrons. The number of hydrogen-bond donors (Lipinski definition) is 2. The molecule has 1 aromatic carbocycles.